The van der Waals surface area contributed by atoms with E-state index in [0.717, 1.165) is 12.1 Å². The van der Waals surface area contributed by atoms with Gasteiger partial charge < -0.3 is 20.5 Å². The number of ether oxygens (including phenoxy) is 1. The number of amides is 1. The highest BCUT2D eigenvalue weighted by molar-refractivity contribution is 5.95. The molecule has 20 heavy (non-hydrogen) atoms. The van der Waals surface area contributed by atoms with E-state index in [2.05, 4.69) is 4.98 Å². The molecule has 6 heteroatoms. The van der Waals surface area contributed by atoms with E-state index in [1.807, 2.05) is 13.8 Å². The summed E-state index contributed by atoms with van der Waals surface area (Å²) in [5.74, 6) is 0.259. The van der Waals surface area contributed by atoms with Crippen molar-refractivity contribution in [2.45, 2.75) is 32.5 Å². The number of pyridine rings is 1. The number of carbonyl (C=O) groups is 1. The Morgan fingerprint density at radius 1 is 1.55 bits per heavy atom. The number of nitrogens with zero attached hydrogens (tertiary/aromatic N) is 2. The summed E-state index contributed by atoms with van der Waals surface area (Å²) in [6, 6.07) is 3.36. The Hall–Kier alpha value is -1.66. The van der Waals surface area contributed by atoms with Crippen molar-refractivity contribution < 1.29 is 14.6 Å². The number of nitrogen functional groups attached to an aromatic ring is 1. The Morgan fingerprint density at radius 3 is 2.95 bits per heavy atom. The third-order valence-corrected chi connectivity index (χ3v) is 3.32. The molecule has 1 aromatic rings. The van der Waals surface area contributed by atoms with Crippen molar-refractivity contribution in [3.05, 3.63) is 23.4 Å². The number of aromatic nitrogens is 1. The topological polar surface area (TPSA) is 88.7 Å². The number of morpholine rings is 1. The summed E-state index contributed by atoms with van der Waals surface area (Å²) in [6.45, 7) is 4.67. The number of aryl methyl sites for hydroxylation is 1. The van der Waals surface area contributed by atoms with Crippen molar-refractivity contribution >= 4 is 11.7 Å². The van der Waals surface area contributed by atoms with E-state index >= 15 is 0 Å². The van der Waals surface area contributed by atoms with Gasteiger partial charge in [0.15, 0.2) is 0 Å². The molecule has 3 N–H and O–H groups in total. The van der Waals surface area contributed by atoms with Crippen LogP contribution in [0, 0.1) is 0 Å². The summed E-state index contributed by atoms with van der Waals surface area (Å²) >= 11 is 0. The van der Waals surface area contributed by atoms with Gasteiger partial charge in [0.2, 0.25) is 0 Å². The lowest BCUT2D eigenvalue weighted by molar-refractivity contribution is -0.0858. The number of aliphatic hydroxyl groups excluding tert-OH is 1. The first-order chi connectivity index (χ1) is 9.53. The first-order valence-electron chi connectivity index (χ1n) is 6.85. The highest BCUT2D eigenvalue weighted by Crippen LogP contribution is 2.16. The van der Waals surface area contributed by atoms with Crippen LogP contribution in [0.5, 0.6) is 0 Å². The summed E-state index contributed by atoms with van der Waals surface area (Å²) in [6.07, 6.45) is 0.312. The maximum absolute atomic E-state index is 12.5. The van der Waals surface area contributed by atoms with Gasteiger partial charge in [-0.05, 0) is 25.5 Å². The van der Waals surface area contributed by atoms with Crippen molar-refractivity contribution in [2.24, 2.45) is 0 Å². The number of hydrogen-bond acceptors (Lipinski definition) is 5. The number of anilines is 1. The number of carbonyl (C=O) groups excluding carboxylic acids is 1. The molecule has 1 aromatic heterocycles. The smallest absolute Gasteiger partial charge is 0.254 e. The number of rotatable bonds is 3. The van der Waals surface area contributed by atoms with Gasteiger partial charge in [-0.3, -0.25) is 4.79 Å². The lowest BCUT2D eigenvalue weighted by atomic mass is 10.1. The van der Waals surface area contributed by atoms with Crippen molar-refractivity contribution in [3.8, 4) is 0 Å². The molecule has 6 nitrogen and oxygen atoms in total. The lowest BCUT2D eigenvalue weighted by Crippen LogP contribution is -2.50. The minimum atomic E-state index is -0.326. The Kier molecular flexibility index (Phi) is 4.57. The normalized spacial score (nSPS) is 22.9. The lowest BCUT2D eigenvalue weighted by Gasteiger charge is -2.36. The first-order valence-corrected chi connectivity index (χ1v) is 6.85. The molecule has 0 saturated carbocycles. The zero-order valence-corrected chi connectivity index (χ0v) is 11.9. The minimum Gasteiger partial charge on any atom is -0.394 e. The van der Waals surface area contributed by atoms with Crippen LogP contribution in [0.3, 0.4) is 0 Å². The molecule has 1 fully saturated rings. The van der Waals surface area contributed by atoms with Crippen LogP contribution in [0.2, 0.25) is 0 Å². The molecule has 0 radical (unpaired) electrons. The summed E-state index contributed by atoms with van der Waals surface area (Å²) in [4.78, 5) is 18.4. The second-order valence-electron chi connectivity index (χ2n) is 5.09. The second-order valence-corrected chi connectivity index (χ2v) is 5.09. The monoisotopic (exact) mass is 279 g/mol. The Balaban J connectivity index is 2.20. The average Bonchev–Trinajstić information content (AvgIpc) is 2.44. The molecule has 2 heterocycles. The van der Waals surface area contributed by atoms with Gasteiger partial charge in [-0.1, -0.05) is 6.92 Å². The third-order valence-electron chi connectivity index (χ3n) is 3.32. The summed E-state index contributed by atoms with van der Waals surface area (Å²) in [5.41, 5.74) is 7.08. The maximum atomic E-state index is 12.5. The van der Waals surface area contributed by atoms with E-state index in [9.17, 15) is 9.90 Å². The Morgan fingerprint density at radius 2 is 2.30 bits per heavy atom. The Labute approximate surface area is 118 Å². The molecule has 2 rings (SSSR count). The van der Waals surface area contributed by atoms with E-state index in [1.54, 1.807) is 17.0 Å². The van der Waals surface area contributed by atoms with Crippen molar-refractivity contribution in [2.75, 3.05) is 25.4 Å². The van der Waals surface area contributed by atoms with Crippen LogP contribution in [0.4, 0.5) is 5.82 Å². The molecule has 110 valence electrons. The predicted molar refractivity (Wildman–Crippen MR) is 75.4 cm³/mol. The van der Waals surface area contributed by atoms with Crippen LogP contribution >= 0.6 is 0 Å². The first kappa shape index (κ1) is 14.7. The van der Waals surface area contributed by atoms with Gasteiger partial charge in [0, 0.05) is 24.3 Å². The van der Waals surface area contributed by atoms with E-state index in [1.165, 1.54) is 0 Å². The second kappa shape index (κ2) is 6.19. The molecule has 0 bridgehead atoms. The quantitative estimate of drug-likeness (QED) is 0.838. The largest absolute Gasteiger partial charge is 0.394 e. The molecule has 0 aliphatic carbocycles. The molecule has 0 aromatic carbocycles. The number of hydrogen-bond donors (Lipinski definition) is 2. The van der Waals surface area contributed by atoms with Gasteiger partial charge in [0.1, 0.15) is 5.82 Å². The van der Waals surface area contributed by atoms with Gasteiger partial charge in [0.25, 0.3) is 5.91 Å². The summed E-state index contributed by atoms with van der Waals surface area (Å²) < 4.78 is 5.54. The van der Waals surface area contributed by atoms with E-state index in [0.29, 0.717) is 24.5 Å². The molecule has 1 saturated heterocycles. The third kappa shape index (κ3) is 3.26. The van der Waals surface area contributed by atoms with Crippen LogP contribution in [0.25, 0.3) is 0 Å². The van der Waals surface area contributed by atoms with Crippen LogP contribution in [-0.2, 0) is 11.2 Å². The van der Waals surface area contributed by atoms with Crippen molar-refractivity contribution in [1.82, 2.24) is 9.88 Å². The van der Waals surface area contributed by atoms with Gasteiger partial charge in [-0.15, -0.1) is 0 Å². The molecule has 1 aliphatic heterocycles. The van der Waals surface area contributed by atoms with E-state index in [4.69, 9.17) is 10.5 Å². The fourth-order valence-corrected chi connectivity index (χ4v) is 2.41. The average molecular weight is 279 g/mol. The summed E-state index contributed by atoms with van der Waals surface area (Å²) in [7, 11) is 0. The minimum absolute atomic E-state index is 0.0883. The van der Waals surface area contributed by atoms with Gasteiger partial charge in [-0.2, -0.15) is 0 Å². The highest BCUT2D eigenvalue weighted by atomic mass is 16.5. The highest BCUT2D eigenvalue weighted by Gasteiger charge is 2.28. The van der Waals surface area contributed by atoms with Crippen LogP contribution in [-0.4, -0.2) is 52.8 Å². The van der Waals surface area contributed by atoms with E-state index in [-0.39, 0.29) is 24.7 Å². The SMILES string of the molecule is CCc1cc(C(=O)N2CC(C)OC(CO)C2)cc(N)n1. The van der Waals surface area contributed by atoms with Crippen LogP contribution in [0.15, 0.2) is 12.1 Å². The summed E-state index contributed by atoms with van der Waals surface area (Å²) in [5, 5.41) is 9.21. The van der Waals surface area contributed by atoms with Crippen LogP contribution < -0.4 is 5.73 Å². The van der Waals surface area contributed by atoms with Gasteiger partial charge in [0.05, 0.1) is 18.8 Å². The molecule has 1 amide bonds. The molecule has 2 atom stereocenters. The fraction of sp³-hybridized carbons (Fsp3) is 0.571. The molecular formula is C14H21N3O3. The van der Waals surface area contributed by atoms with Gasteiger partial charge >= 0.3 is 0 Å². The molecule has 2 unspecified atom stereocenters. The fourth-order valence-electron chi connectivity index (χ4n) is 2.41. The standard InChI is InChI=1S/C14H21N3O3/c1-3-11-4-10(5-13(15)16-11)14(19)17-6-9(2)20-12(7-17)8-18/h4-5,9,12,18H,3,6-8H2,1-2H3,(H2,15,16). The molecule has 0 spiro atoms. The number of aliphatic hydroxyl groups is 1. The zero-order valence-electron chi connectivity index (χ0n) is 11.9. The van der Waals surface area contributed by atoms with E-state index < -0.39 is 0 Å². The van der Waals surface area contributed by atoms with Crippen molar-refractivity contribution in [1.29, 1.82) is 0 Å². The Bertz CT molecular complexity index is 493. The molecule has 1 aliphatic rings. The predicted octanol–water partition coefficient (Wildman–Crippen LogP) is 0.448. The zero-order chi connectivity index (χ0) is 14.7. The number of nitrogens with two attached hydrogens (primary N) is 1. The van der Waals surface area contributed by atoms with Crippen molar-refractivity contribution in [3.63, 3.8) is 0 Å². The van der Waals surface area contributed by atoms with Gasteiger partial charge in [-0.25, -0.2) is 4.98 Å². The maximum Gasteiger partial charge on any atom is 0.254 e. The van der Waals surface area contributed by atoms with Crippen LogP contribution in [0.1, 0.15) is 29.9 Å². The molecular weight excluding hydrogens is 258 g/mol.